The van der Waals surface area contributed by atoms with Gasteiger partial charge in [0, 0.05) is 9.50 Å². The first-order valence-corrected chi connectivity index (χ1v) is 8.80. The van der Waals surface area contributed by atoms with Crippen LogP contribution in [0.4, 0.5) is 0 Å². The Morgan fingerprint density at radius 2 is 2.15 bits per heavy atom. The number of carbonyl (C=O) groups is 1. The van der Waals surface area contributed by atoms with Gasteiger partial charge in [-0.25, -0.2) is 0 Å². The van der Waals surface area contributed by atoms with Gasteiger partial charge in [0.15, 0.2) is 0 Å². The summed E-state index contributed by atoms with van der Waals surface area (Å²) in [6.45, 7) is 2.03. The predicted molar refractivity (Wildman–Crippen MR) is 91.7 cm³/mol. The van der Waals surface area contributed by atoms with Crippen molar-refractivity contribution in [1.29, 1.82) is 0 Å². The number of rotatable bonds is 4. The van der Waals surface area contributed by atoms with Gasteiger partial charge >= 0.3 is 0 Å². The lowest BCUT2D eigenvalue weighted by Gasteiger charge is -2.17. The molecule has 0 bridgehead atoms. The van der Waals surface area contributed by atoms with E-state index in [2.05, 4.69) is 37.2 Å². The van der Waals surface area contributed by atoms with E-state index in [1.165, 1.54) is 11.3 Å². The molecule has 20 heavy (non-hydrogen) atoms. The first kappa shape index (κ1) is 16.0. The van der Waals surface area contributed by atoms with E-state index in [9.17, 15) is 4.79 Å². The first-order valence-electron chi connectivity index (χ1n) is 6.02. The van der Waals surface area contributed by atoms with Gasteiger partial charge in [-0.15, -0.1) is 11.3 Å². The number of amides is 1. The van der Waals surface area contributed by atoms with E-state index < -0.39 is 0 Å². The zero-order valence-electron chi connectivity index (χ0n) is 10.6. The summed E-state index contributed by atoms with van der Waals surface area (Å²) in [5.74, 6) is -0.0757. The number of hydrogen-bond acceptors (Lipinski definition) is 2. The molecule has 1 atom stereocenters. The number of thiophene rings is 1. The van der Waals surface area contributed by atoms with Crippen molar-refractivity contribution < 1.29 is 4.79 Å². The average Bonchev–Trinajstić information content (AvgIpc) is 2.76. The summed E-state index contributed by atoms with van der Waals surface area (Å²) < 4.78 is 1.81. The Morgan fingerprint density at radius 3 is 2.70 bits per heavy atom. The van der Waals surface area contributed by atoms with Crippen LogP contribution < -0.4 is 5.32 Å². The third kappa shape index (κ3) is 3.85. The number of nitrogens with one attached hydrogen (secondary N) is 1. The summed E-state index contributed by atoms with van der Waals surface area (Å²) in [7, 11) is 0. The molecule has 0 saturated carbocycles. The van der Waals surface area contributed by atoms with Gasteiger partial charge in [-0.2, -0.15) is 0 Å². The summed E-state index contributed by atoms with van der Waals surface area (Å²) in [6.07, 6.45) is 0.805. The van der Waals surface area contributed by atoms with E-state index in [1.54, 1.807) is 0 Å². The van der Waals surface area contributed by atoms with Crippen molar-refractivity contribution in [2.45, 2.75) is 19.4 Å². The lowest BCUT2D eigenvalue weighted by atomic mass is 10.0. The minimum atomic E-state index is -0.0757. The predicted octanol–water partition coefficient (Wildman–Crippen LogP) is 5.81. The van der Waals surface area contributed by atoms with Crippen LogP contribution in [0.25, 0.3) is 0 Å². The Kier molecular flexibility index (Phi) is 5.66. The largest absolute Gasteiger partial charge is 0.345 e. The van der Waals surface area contributed by atoms with Crippen LogP contribution in [0.2, 0.25) is 5.02 Å². The van der Waals surface area contributed by atoms with Gasteiger partial charge in [-0.1, -0.05) is 30.7 Å². The maximum absolute atomic E-state index is 12.3. The second kappa shape index (κ2) is 7.07. The molecule has 1 aromatic heterocycles. The van der Waals surface area contributed by atoms with Gasteiger partial charge in [-0.05, 0) is 62.0 Å². The van der Waals surface area contributed by atoms with Gasteiger partial charge in [0.05, 0.1) is 14.7 Å². The Hall–Kier alpha value is -0.360. The van der Waals surface area contributed by atoms with Crippen molar-refractivity contribution in [1.82, 2.24) is 5.32 Å². The Labute approximate surface area is 143 Å². The minimum absolute atomic E-state index is 0.0409. The quantitative estimate of drug-likeness (QED) is 0.643. The van der Waals surface area contributed by atoms with Crippen molar-refractivity contribution in [3.8, 4) is 0 Å². The van der Waals surface area contributed by atoms with Crippen molar-refractivity contribution in [3.05, 3.63) is 54.1 Å². The van der Waals surface area contributed by atoms with Crippen LogP contribution in [0.3, 0.4) is 0 Å². The van der Waals surface area contributed by atoms with Crippen molar-refractivity contribution in [2.24, 2.45) is 0 Å². The van der Waals surface area contributed by atoms with Crippen LogP contribution in [-0.2, 0) is 0 Å². The van der Waals surface area contributed by atoms with E-state index in [0.717, 1.165) is 20.2 Å². The molecular formula is C14H12Br2ClNOS. The van der Waals surface area contributed by atoms with Crippen molar-refractivity contribution in [2.75, 3.05) is 0 Å². The fourth-order valence-corrected chi connectivity index (χ4v) is 3.97. The molecule has 2 aromatic rings. The fraction of sp³-hybridized carbons (Fsp3) is 0.214. The smallest absolute Gasteiger partial charge is 0.261 e. The van der Waals surface area contributed by atoms with E-state index in [-0.39, 0.29) is 11.9 Å². The highest BCUT2D eigenvalue weighted by Crippen LogP contribution is 2.32. The van der Waals surface area contributed by atoms with Gasteiger partial charge in [-0.3, -0.25) is 4.79 Å². The second-order valence-corrected chi connectivity index (χ2v) is 7.88. The molecule has 2 nitrogen and oxygen atoms in total. The molecular weight excluding hydrogens is 425 g/mol. The Bertz CT molecular complexity index is 610. The molecule has 0 aliphatic rings. The van der Waals surface area contributed by atoms with E-state index in [1.807, 2.05) is 37.3 Å². The van der Waals surface area contributed by atoms with Crippen LogP contribution in [0.5, 0.6) is 0 Å². The molecule has 0 radical (unpaired) electrons. The van der Waals surface area contributed by atoms with Gasteiger partial charge in [0.1, 0.15) is 0 Å². The summed E-state index contributed by atoms with van der Waals surface area (Å²) in [4.78, 5) is 12.9. The van der Waals surface area contributed by atoms with Gasteiger partial charge in [0.25, 0.3) is 5.91 Å². The molecule has 0 aliphatic heterocycles. The number of benzene rings is 1. The standard InChI is InChI=1S/C14H12Br2ClNOS/c1-2-11(8-4-3-5-9(17)6-8)18-14(19)12-7-10(15)13(16)20-12/h3-7,11H,2H2,1H3,(H,18,19). The highest BCUT2D eigenvalue weighted by Gasteiger charge is 2.17. The lowest BCUT2D eigenvalue weighted by Crippen LogP contribution is -2.27. The molecule has 106 valence electrons. The number of carbonyl (C=O) groups excluding carboxylic acids is 1. The van der Waals surface area contributed by atoms with Crippen LogP contribution in [0, 0.1) is 0 Å². The van der Waals surface area contributed by atoms with Crippen LogP contribution in [0.1, 0.15) is 34.6 Å². The average molecular weight is 438 g/mol. The Balaban J connectivity index is 2.16. The summed E-state index contributed by atoms with van der Waals surface area (Å²) >= 11 is 14.2. The zero-order chi connectivity index (χ0) is 14.7. The van der Waals surface area contributed by atoms with Gasteiger partial charge in [0.2, 0.25) is 0 Å². The molecule has 1 N–H and O–H groups in total. The molecule has 1 aromatic carbocycles. The third-order valence-corrected chi connectivity index (χ3v) is 6.32. The summed E-state index contributed by atoms with van der Waals surface area (Å²) in [5, 5.41) is 3.72. The highest BCUT2D eigenvalue weighted by atomic mass is 79.9. The lowest BCUT2D eigenvalue weighted by molar-refractivity contribution is 0.0939. The SMILES string of the molecule is CCC(NC(=O)c1cc(Br)c(Br)s1)c1cccc(Cl)c1. The monoisotopic (exact) mass is 435 g/mol. The highest BCUT2D eigenvalue weighted by molar-refractivity contribution is 9.13. The van der Waals surface area contributed by atoms with E-state index in [0.29, 0.717) is 9.90 Å². The number of hydrogen-bond donors (Lipinski definition) is 1. The van der Waals surface area contributed by atoms with Crippen LogP contribution in [-0.4, -0.2) is 5.91 Å². The number of halogens is 3. The topological polar surface area (TPSA) is 29.1 Å². The van der Waals surface area contributed by atoms with Crippen molar-refractivity contribution >= 4 is 60.7 Å². The molecule has 0 fully saturated rings. The molecule has 2 rings (SSSR count). The molecule has 6 heteroatoms. The maximum atomic E-state index is 12.3. The second-order valence-electron chi connectivity index (χ2n) is 4.22. The summed E-state index contributed by atoms with van der Waals surface area (Å²) in [6, 6.07) is 9.35. The van der Waals surface area contributed by atoms with Crippen LogP contribution in [0.15, 0.2) is 38.6 Å². The third-order valence-electron chi connectivity index (χ3n) is 2.83. The maximum Gasteiger partial charge on any atom is 0.261 e. The normalized spacial score (nSPS) is 12.2. The van der Waals surface area contributed by atoms with Crippen molar-refractivity contribution in [3.63, 3.8) is 0 Å². The minimum Gasteiger partial charge on any atom is -0.345 e. The molecule has 0 saturated heterocycles. The molecule has 0 aliphatic carbocycles. The first-order chi connectivity index (χ1) is 9.51. The molecule has 0 spiro atoms. The summed E-state index contributed by atoms with van der Waals surface area (Å²) in [5.41, 5.74) is 1.02. The molecule has 1 heterocycles. The molecule has 1 unspecified atom stereocenters. The zero-order valence-corrected chi connectivity index (χ0v) is 15.4. The fourth-order valence-electron chi connectivity index (χ4n) is 1.83. The van der Waals surface area contributed by atoms with E-state index in [4.69, 9.17) is 11.6 Å². The van der Waals surface area contributed by atoms with E-state index >= 15 is 0 Å². The Morgan fingerprint density at radius 1 is 1.40 bits per heavy atom. The van der Waals surface area contributed by atoms with Gasteiger partial charge < -0.3 is 5.32 Å². The molecule has 1 amide bonds. The van der Waals surface area contributed by atoms with Crippen LogP contribution >= 0.6 is 54.8 Å².